The molecule has 5 rings (SSSR count). The van der Waals surface area contributed by atoms with Crippen LogP contribution in [0.25, 0.3) is 0 Å². The van der Waals surface area contributed by atoms with Gasteiger partial charge >= 0.3 is 0 Å². The number of aromatic nitrogens is 2. The predicted molar refractivity (Wildman–Crippen MR) is 123 cm³/mol. The summed E-state index contributed by atoms with van der Waals surface area (Å²) in [6.07, 6.45) is 3.82. The van der Waals surface area contributed by atoms with Gasteiger partial charge in [0.25, 0.3) is 5.91 Å². The highest BCUT2D eigenvalue weighted by atomic mass is 19.1. The number of aliphatic hydroxyl groups excluding tert-OH is 1. The van der Waals surface area contributed by atoms with Crippen molar-refractivity contribution < 1.29 is 14.3 Å². The third-order valence-corrected chi connectivity index (χ3v) is 6.74. The van der Waals surface area contributed by atoms with Gasteiger partial charge in [0.15, 0.2) is 0 Å². The first kappa shape index (κ1) is 21.8. The molecule has 1 aromatic heterocycles. The first-order chi connectivity index (χ1) is 16.0. The van der Waals surface area contributed by atoms with Crippen molar-refractivity contribution in [3.63, 3.8) is 0 Å². The van der Waals surface area contributed by atoms with E-state index in [1.165, 1.54) is 23.3 Å². The SMILES string of the molecule is O=C(NC[C@H](O)CN1CCc2ccccc2C1)c1cn2c(n1)CCC(c1ccc(F)cc1)C2. The molecule has 0 saturated carbocycles. The Balaban J connectivity index is 1.13. The number of hydrogen-bond acceptors (Lipinski definition) is 4. The minimum Gasteiger partial charge on any atom is -0.390 e. The second-order valence-corrected chi connectivity index (χ2v) is 9.10. The fourth-order valence-electron chi connectivity index (χ4n) is 4.93. The smallest absolute Gasteiger partial charge is 0.271 e. The maximum absolute atomic E-state index is 13.2. The van der Waals surface area contributed by atoms with E-state index in [2.05, 4.69) is 33.4 Å². The number of β-amino-alcohol motifs (C(OH)–C–C–N with tert-alkyl or cyclic N) is 1. The van der Waals surface area contributed by atoms with Crippen molar-refractivity contribution in [2.45, 2.75) is 44.4 Å². The van der Waals surface area contributed by atoms with Gasteiger partial charge in [0.05, 0.1) is 6.10 Å². The zero-order chi connectivity index (χ0) is 22.8. The van der Waals surface area contributed by atoms with Crippen LogP contribution in [-0.2, 0) is 25.9 Å². The zero-order valence-electron chi connectivity index (χ0n) is 18.6. The number of amides is 1. The Morgan fingerprint density at radius 3 is 2.76 bits per heavy atom. The Morgan fingerprint density at radius 2 is 1.94 bits per heavy atom. The van der Waals surface area contributed by atoms with E-state index < -0.39 is 6.10 Å². The van der Waals surface area contributed by atoms with E-state index in [1.807, 2.05) is 22.8 Å². The summed E-state index contributed by atoms with van der Waals surface area (Å²) in [4.78, 5) is 19.4. The maximum atomic E-state index is 13.2. The number of rotatable bonds is 6. The molecule has 33 heavy (non-hydrogen) atoms. The van der Waals surface area contributed by atoms with E-state index in [0.29, 0.717) is 12.2 Å². The van der Waals surface area contributed by atoms with Crippen LogP contribution in [-0.4, -0.2) is 51.2 Å². The van der Waals surface area contributed by atoms with Crippen LogP contribution in [0.3, 0.4) is 0 Å². The molecule has 0 saturated heterocycles. The molecule has 6 nitrogen and oxygen atoms in total. The molecule has 2 aliphatic rings. The summed E-state index contributed by atoms with van der Waals surface area (Å²) in [6, 6.07) is 15.1. The van der Waals surface area contributed by atoms with Crippen LogP contribution >= 0.6 is 0 Å². The van der Waals surface area contributed by atoms with Crippen molar-refractivity contribution >= 4 is 5.91 Å². The van der Waals surface area contributed by atoms with Crippen LogP contribution in [0.5, 0.6) is 0 Å². The molecule has 172 valence electrons. The summed E-state index contributed by atoms with van der Waals surface area (Å²) in [5.74, 6) is 0.674. The van der Waals surface area contributed by atoms with Crippen LogP contribution in [0.1, 0.15) is 45.3 Å². The molecule has 2 aliphatic heterocycles. The number of hydrogen-bond donors (Lipinski definition) is 2. The molecule has 1 unspecified atom stereocenters. The molecule has 3 aromatic rings. The average Bonchev–Trinajstić information content (AvgIpc) is 3.26. The first-order valence-electron chi connectivity index (χ1n) is 11.6. The second-order valence-electron chi connectivity index (χ2n) is 9.10. The van der Waals surface area contributed by atoms with E-state index in [4.69, 9.17) is 0 Å². The number of carbonyl (C=O) groups is 1. The van der Waals surface area contributed by atoms with Crippen LogP contribution < -0.4 is 5.32 Å². The van der Waals surface area contributed by atoms with Gasteiger partial charge in [0.2, 0.25) is 0 Å². The van der Waals surface area contributed by atoms with Crippen LogP contribution in [0.4, 0.5) is 4.39 Å². The fourth-order valence-corrected chi connectivity index (χ4v) is 4.93. The molecular weight excluding hydrogens is 419 g/mol. The van der Waals surface area contributed by atoms with Crippen LogP contribution in [0.2, 0.25) is 0 Å². The van der Waals surface area contributed by atoms with E-state index in [9.17, 15) is 14.3 Å². The van der Waals surface area contributed by atoms with E-state index in [-0.39, 0.29) is 24.2 Å². The summed E-state index contributed by atoms with van der Waals surface area (Å²) in [5, 5.41) is 13.3. The molecule has 3 heterocycles. The number of aryl methyl sites for hydroxylation is 1. The van der Waals surface area contributed by atoms with Gasteiger partial charge in [0, 0.05) is 51.3 Å². The molecule has 7 heteroatoms. The second kappa shape index (κ2) is 9.45. The van der Waals surface area contributed by atoms with Crippen molar-refractivity contribution in [3.05, 3.63) is 88.8 Å². The number of carbonyl (C=O) groups excluding carboxylic acids is 1. The molecule has 2 aromatic carbocycles. The highest BCUT2D eigenvalue weighted by molar-refractivity contribution is 5.92. The van der Waals surface area contributed by atoms with Gasteiger partial charge < -0.3 is 15.0 Å². The monoisotopic (exact) mass is 448 g/mol. The number of halogens is 1. The predicted octanol–water partition coefficient (Wildman–Crippen LogP) is 2.90. The van der Waals surface area contributed by atoms with Gasteiger partial charge in [-0.25, -0.2) is 9.37 Å². The molecule has 0 radical (unpaired) electrons. The van der Waals surface area contributed by atoms with Crippen molar-refractivity contribution in [2.24, 2.45) is 0 Å². The van der Waals surface area contributed by atoms with Gasteiger partial charge in [-0.15, -0.1) is 0 Å². The van der Waals surface area contributed by atoms with E-state index in [0.717, 1.165) is 50.3 Å². The largest absolute Gasteiger partial charge is 0.390 e. The van der Waals surface area contributed by atoms with Crippen molar-refractivity contribution in [1.29, 1.82) is 0 Å². The van der Waals surface area contributed by atoms with Crippen LogP contribution in [0, 0.1) is 5.82 Å². The first-order valence-corrected chi connectivity index (χ1v) is 11.6. The zero-order valence-corrected chi connectivity index (χ0v) is 18.6. The lowest BCUT2D eigenvalue weighted by Crippen LogP contribution is -2.42. The minimum absolute atomic E-state index is 0.192. The van der Waals surface area contributed by atoms with E-state index in [1.54, 1.807) is 6.20 Å². The molecule has 0 bridgehead atoms. The van der Waals surface area contributed by atoms with Crippen LogP contribution in [0.15, 0.2) is 54.7 Å². The normalized spacial score (nSPS) is 18.9. The molecule has 0 aliphatic carbocycles. The third kappa shape index (κ3) is 4.99. The van der Waals surface area contributed by atoms with Gasteiger partial charge in [-0.05, 0) is 41.7 Å². The Morgan fingerprint density at radius 1 is 1.15 bits per heavy atom. The van der Waals surface area contributed by atoms with Crippen molar-refractivity contribution in [1.82, 2.24) is 19.8 Å². The number of nitrogens with zero attached hydrogens (tertiary/aromatic N) is 3. The van der Waals surface area contributed by atoms with Gasteiger partial charge in [-0.3, -0.25) is 9.69 Å². The molecule has 0 spiro atoms. The molecule has 2 N–H and O–H groups in total. The summed E-state index contributed by atoms with van der Waals surface area (Å²) < 4.78 is 15.2. The molecular formula is C26H29FN4O2. The van der Waals surface area contributed by atoms with Crippen molar-refractivity contribution in [2.75, 3.05) is 19.6 Å². The van der Waals surface area contributed by atoms with E-state index >= 15 is 0 Å². The minimum atomic E-state index is -0.640. The standard InChI is InChI=1S/C26H29FN4O2/c27-22-8-5-19(6-9-22)21-7-10-25-29-24(17-31(25)15-21)26(33)28-13-23(32)16-30-12-11-18-3-1-2-4-20(18)14-30/h1-6,8-9,17,21,23,32H,7,10-16H2,(H,28,33)/t21?,23-/m0/s1. The topological polar surface area (TPSA) is 70.4 Å². The Bertz CT molecular complexity index is 1130. The lowest BCUT2D eigenvalue weighted by Gasteiger charge is -2.30. The van der Waals surface area contributed by atoms with Crippen molar-refractivity contribution in [3.8, 4) is 0 Å². The average molecular weight is 449 g/mol. The van der Waals surface area contributed by atoms with Gasteiger partial charge in [-0.1, -0.05) is 36.4 Å². The summed E-state index contributed by atoms with van der Waals surface area (Å²) in [6.45, 7) is 3.17. The molecule has 1 amide bonds. The molecule has 0 fully saturated rings. The third-order valence-electron chi connectivity index (χ3n) is 6.74. The summed E-state index contributed by atoms with van der Waals surface area (Å²) >= 11 is 0. The maximum Gasteiger partial charge on any atom is 0.271 e. The fraction of sp³-hybridized carbons (Fsp3) is 0.385. The van der Waals surface area contributed by atoms with Gasteiger partial charge in [-0.2, -0.15) is 0 Å². The van der Waals surface area contributed by atoms with Gasteiger partial charge in [0.1, 0.15) is 17.3 Å². The highest BCUT2D eigenvalue weighted by Crippen LogP contribution is 2.29. The number of nitrogens with one attached hydrogen (secondary N) is 1. The number of benzene rings is 2. The highest BCUT2D eigenvalue weighted by Gasteiger charge is 2.24. The Kier molecular flexibility index (Phi) is 6.24. The summed E-state index contributed by atoms with van der Waals surface area (Å²) in [7, 11) is 0. The number of aliphatic hydroxyl groups is 1. The lowest BCUT2D eigenvalue weighted by atomic mass is 9.92. The Hall–Kier alpha value is -3.03. The number of fused-ring (bicyclic) bond motifs is 2. The summed E-state index contributed by atoms with van der Waals surface area (Å²) in [5.41, 5.74) is 4.17. The lowest BCUT2D eigenvalue weighted by molar-refractivity contribution is 0.0838. The Labute approximate surface area is 193 Å². The molecule has 2 atom stereocenters. The number of imidazole rings is 1. The quantitative estimate of drug-likeness (QED) is 0.609.